The van der Waals surface area contributed by atoms with E-state index < -0.39 is 0 Å². The van der Waals surface area contributed by atoms with Crippen LogP contribution in [-0.2, 0) is 11.2 Å². The first-order valence-electron chi connectivity index (χ1n) is 10.6. The zero-order valence-electron chi connectivity index (χ0n) is 17.8. The average molecular weight is 396 g/mol. The van der Waals surface area contributed by atoms with Crippen molar-refractivity contribution in [3.05, 3.63) is 71.3 Å². The fourth-order valence-electron chi connectivity index (χ4n) is 4.39. The molecule has 4 atom stereocenters. The standard InChI is InChI=1S/C25H33NO3/c1-18(29-3)17-26(2)25(28)22-12-9-19(10-13-22)15-20-11-14-23(16-20)24(27)21-7-5-4-6-8-21/h4-10,12-13,18,20,23-24,27H,11,14-17H2,1-3H3/t18?,20?,23-,24+/m0/s1. The van der Waals surface area contributed by atoms with Crippen molar-refractivity contribution in [2.45, 2.75) is 44.8 Å². The van der Waals surface area contributed by atoms with Crippen LogP contribution in [0.25, 0.3) is 0 Å². The Morgan fingerprint density at radius 1 is 1.14 bits per heavy atom. The van der Waals surface area contributed by atoms with Gasteiger partial charge in [-0.15, -0.1) is 0 Å². The van der Waals surface area contributed by atoms with Crippen molar-refractivity contribution in [3.8, 4) is 0 Å². The van der Waals surface area contributed by atoms with Gasteiger partial charge in [-0.1, -0.05) is 42.5 Å². The highest BCUT2D eigenvalue weighted by Crippen LogP contribution is 2.40. The fourth-order valence-corrected chi connectivity index (χ4v) is 4.39. The first-order chi connectivity index (χ1) is 14.0. The third-order valence-electron chi connectivity index (χ3n) is 6.17. The highest BCUT2D eigenvalue weighted by atomic mass is 16.5. The highest BCUT2D eigenvalue weighted by Gasteiger charge is 2.30. The maximum Gasteiger partial charge on any atom is 0.253 e. The Hall–Kier alpha value is -2.17. The van der Waals surface area contributed by atoms with E-state index in [2.05, 4.69) is 12.1 Å². The van der Waals surface area contributed by atoms with Gasteiger partial charge in [-0.3, -0.25) is 4.79 Å². The molecule has 1 aliphatic carbocycles. The van der Waals surface area contributed by atoms with E-state index >= 15 is 0 Å². The molecule has 0 spiro atoms. The zero-order chi connectivity index (χ0) is 20.8. The second-order valence-electron chi connectivity index (χ2n) is 8.43. The lowest BCUT2D eigenvalue weighted by Gasteiger charge is -2.21. The summed E-state index contributed by atoms with van der Waals surface area (Å²) >= 11 is 0. The molecular weight excluding hydrogens is 362 g/mol. The van der Waals surface area contributed by atoms with Crippen molar-refractivity contribution in [1.82, 2.24) is 4.90 Å². The Bertz CT molecular complexity index is 774. The second kappa shape index (κ2) is 10.0. The minimum absolute atomic E-state index is 0.0183. The minimum atomic E-state index is -0.369. The number of nitrogens with zero attached hydrogens (tertiary/aromatic N) is 1. The predicted octanol–water partition coefficient (Wildman–Crippen LogP) is 4.49. The summed E-state index contributed by atoms with van der Waals surface area (Å²) in [5.41, 5.74) is 2.99. The van der Waals surface area contributed by atoms with Gasteiger partial charge >= 0.3 is 0 Å². The molecule has 3 rings (SSSR count). The molecule has 1 fully saturated rings. The summed E-state index contributed by atoms with van der Waals surface area (Å²) < 4.78 is 5.24. The first-order valence-corrected chi connectivity index (χ1v) is 10.6. The number of carbonyl (C=O) groups excluding carboxylic acids is 1. The lowest BCUT2D eigenvalue weighted by atomic mass is 9.91. The summed E-state index contributed by atoms with van der Waals surface area (Å²) in [6, 6.07) is 18.0. The Balaban J connectivity index is 1.53. The van der Waals surface area contributed by atoms with Crippen molar-refractivity contribution >= 4 is 5.91 Å². The van der Waals surface area contributed by atoms with Crippen LogP contribution in [0.4, 0.5) is 0 Å². The van der Waals surface area contributed by atoms with E-state index in [4.69, 9.17) is 4.74 Å². The van der Waals surface area contributed by atoms with Crippen molar-refractivity contribution < 1.29 is 14.6 Å². The Labute approximate surface area is 174 Å². The molecule has 2 aromatic rings. The molecule has 0 bridgehead atoms. The lowest BCUT2D eigenvalue weighted by Crippen LogP contribution is -2.33. The van der Waals surface area contributed by atoms with E-state index in [9.17, 15) is 9.90 Å². The number of likely N-dealkylation sites (N-methyl/N-ethyl adjacent to an activating group) is 1. The number of amides is 1. The van der Waals surface area contributed by atoms with E-state index in [0.717, 1.165) is 31.2 Å². The third kappa shape index (κ3) is 5.68. The first kappa shape index (κ1) is 21.5. The number of ether oxygens (including phenoxy) is 1. The number of carbonyl (C=O) groups is 1. The molecule has 1 amide bonds. The summed E-state index contributed by atoms with van der Waals surface area (Å²) in [6.07, 6.45) is 3.92. The van der Waals surface area contributed by atoms with Crippen LogP contribution in [0.5, 0.6) is 0 Å². The van der Waals surface area contributed by atoms with E-state index in [0.29, 0.717) is 23.9 Å². The monoisotopic (exact) mass is 395 g/mol. The SMILES string of the molecule is COC(C)CN(C)C(=O)c1ccc(CC2CC[C@H]([C@H](O)c3ccccc3)C2)cc1. The molecular formula is C25H33NO3. The number of methoxy groups -OCH3 is 1. The van der Waals surface area contributed by atoms with E-state index in [1.807, 2.05) is 56.4 Å². The van der Waals surface area contributed by atoms with Crippen LogP contribution in [0.15, 0.2) is 54.6 Å². The Morgan fingerprint density at radius 3 is 2.48 bits per heavy atom. The maximum absolute atomic E-state index is 12.5. The highest BCUT2D eigenvalue weighted by molar-refractivity contribution is 5.94. The molecule has 2 aromatic carbocycles. The quantitative estimate of drug-likeness (QED) is 0.717. The summed E-state index contributed by atoms with van der Waals surface area (Å²) in [7, 11) is 3.46. The number of hydrogen-bond acceptors (Lipinski definition) is 3. The molecule has 0 heterocycles. The number of hydrogen-bond donors (Lipinski definition) is 1. The van der Waals surface area contributed by atoms with Gasteiger partial charge in [-0.05, 0) is 67.7 Å². The number of aliphatic hydroxyl groups excluding tert-OH is 1. The number of benzene rings is 2. The summed E-state index contributed by atoms with van der Waals surface area (Å²) in [6.45, 7) is 2.53. The third-order valence-corrected chi connectivity index (χ3v) is 6.17. The van der Waals surface area contributed by atoms with Gasteiger partial charge in [0, 0.05) is 26.3 Å². The molecule has 1 aliphatic rings. The molecule has 0 aromatic heterocycles. The van der Waals surface area contributed by atoms with Crippen molar-refractivity contribution in [3.63, 3.8) is 0 Å². The van der Waals surface area contributed by atoms with Crippen LogP contribution in [0, 0.1) is 11.8 Å². The zero-order valence-corrected chi connectivity index (χ0v) is 17.8. The minimum Gasteiger partial charge on any atom is -0.388 e. The van der Waals surface area contributed by atoms with Crippen molar-refractivity contribution in [2.75, 3.05) is 20.7 Å². The smallest absolute Gasteiger partial charge is 0.253 e. The van der Waals surface area contributed by atoms with Crippen LogP contribution in [0.1, 0.15) is 53.8 Å². The Kier molecular flexibility index (Phi) is 7.45. The van der Waals surface area contributed by atoms with Crippen LogP contribution in [-0.4, -0.2) is 42.7 Å². The van der Waals surface area contributed by atoms with Crippen molar-refractivity contribution in [1.29, 1.82) is 0 Å². The topological polar surface area (TPSA) is 49.8 Å². The van der Waals surface area contributed by atoms with E-state index in [1.54, 1.807) is 12.0 Å². The largest absolute Gasteiger partial charge is 0.388 e. The van der Waals surface area contributed by atoms with Gasteiger partial charge in [-0.25, -0.2) is 0 Å². The fraction of sp³-hybridized carbons (Fsp3) is 0.480. The van der Waals surface area contributed by atoms with Gasteiger partial charge in [0.1, 0.15) is 0 Å². The second-order valence-corrected chi connectivity index (χ2v) is 8.43. The molecule has 156 valence electrons. The molecule has 4 heteroatoms. The van der Waals surface area contributed by atoms with Crippen molar-refractivity contribution in [2.24, 2.45) is 11.8 Å². The number of aliphatic hydroxyl groups is 1. The van der Waals surface area contributed by atoms with Crippen LogP contribution in [0.3, 0.4) is 0 Å². The van der Waals surface area contributed by atoms with E-state index in [-0.39, 0.29) is 18.1 Å². The maximum atomic E-state index is 12.5. The van der Waals surface area contributed by atoms with Crippen LogP contribution >= 0.6 is 0 Å². The van der Waals surface area contributed by atoms with E-state index in [1.165, 1.54) is 5.56 Å². The van der Waals surface area contributed by atoms with Crippen LogP contribution < -0.4 is 0 Å². The van der Waals surface area contributed by atoms with Gasteiger partial charge in [-0.2, -0.15) is 0 Å². The number of rotatable bonds is 8. The molecule has 0 saturated heterocycles. The summed E-state index contributed by atoms with van der Waals surface area (Å²) in [5.74, 6) is 0.942. The van der Waals surface area contributed by atoms with Gasteiger partial charge < -0.3 is 14.7 Å². The molecule has 29 heavy (non-hydrogen) atoms. The molecule has 2 unspecified atom stereocenters. The molecule has 1 N–H and O–H groups in total. The molecule has 0 aliphatic heterocycles. The molecule has 4 nitrogen and oxygen atoms in total. The summed E-state index contributed by atoms with van der Waals surface area (Å²) in [5, 5.41) is 10.7. The molecule has 0 radical (unpaired) electrons. The van der Waals surface area contributed by atoms with Gasteiger partial charge in [0.05, 0.1) is 12.2 Å². The van der Waals surface area contributed by atoms with Gasteiger partial charge in [0.2, 0.25) is 0 Å². The van der Waals surface area contributed by atoms with Gasteiger partial charge in [0.25, 0.3) is 5.91 Å². The average Bonchev–Trinajstić information content (AvgIpc) is 3.22. The lowest BCUT2D eigenvalue weighted by molar-refractivity contribution is 0.0600. The normalized spacial score (nSPS) is 21.0. The van der Waals surface area contributed by atoms with Crippen LogP contribution in [0.2, 0.25) is 0 Å². The Morgan fingerprint density at radius 2 is 1.83 bits per heavy atom. The van der Waals surface area contributed by atoms with Gasteiger partial charge in [0.15, 0.2) is 0 Å². The molecule has 1 saturated carbocycles. The predicted molar refractivity (Wildman–Crippen MR) is 116 cm³/mol. The summed E-state index contributed by atoms with van der Waals surface area (Å²) in [4.78, 5) is 14.3.